The lowest BCUT2D eigenvalue weighted by Gasteiger charge is -2.32. The zero-order valence-corrected chi connectivity index (χ0v) is 11.5. The van der Waals surface area contributed by atoms with E-state index in [-0.39, 0.29) is 0 Å². The number of aromatic nitrogens is 1. The van der Waals surface area contributed by atoms with Crippen LogP contribution in [0.3, 0.4) is 0 Å². The summed E-state index contributed by atoms with van der Waals surface area (Å²) in [6, 6.07) is 3.85. The third kappa shape index (κ3) is 3.13. The smallest absolute Gasteiger partial charge is 0.128 e. The summed E-state index contributed by atoms with van der Waals surface area (Å²) in [5, 5.41) is 0.649. The number of pyridine rings is 1. The van der Waals surface area contributed by atoms with Crippen LogP contribution < -0.4 is 10.6 Å². The van der Waals surface area contributed by atoms with Gasteiger partial charge in [-0.1, -0.05) is 11.6 Å². The molecular formula is C13H20ClN3O. The first-order chi connectivity index (χ1) is 8.74. The van der Waals surface area contributed by atoms with E-state index in [1.54, 1.807) is 7.11 Å². The van der Waals surface area contributed by atoms with Crippen LogP contribution in [0.1, 0.15) is 18.5 Å². The Kier molecular flexibility index (Phi) is 4.80. The maximum atomic E-state index is 6.02. The molecule has 0 saturated carbocycles. The van der Waals surface area contributed by atoms with E-state index in [2.05, 4.69) is 9.88 Å². The molecule has 1 aliphatic rings. The zero-order chi connectivity index (χ0) is 13.0. The quantitative estimate of drug-likeness (QED) is 0.909. The van der Waals surface area contributed by atoms with Gasteiger partial charge in [-0.15, -0.1) is 0 Å². The number of ether oxygens (including phenoxy) is 1. The summed E-state index contributed by atoms with van der Waals surface area (Å²) >= 11 is 6.02. The predicted molar refractivity (Wildman–Crippen MR) is 74.0 cm³/mol. The molecule has 2 rings (SSSR count). The van der Waals surface area contributed by atoms with Crippen molar-refractivity contribution >= 4 is 17.4 Å². The highest BCUT2D eigenvalue weighted by molar-refractivity contribution is 6.31. The number of halogens is 1. The van der Waals surface area contributed by atoms with Gasteiger partial charge in [0.15, 0.2) is 0 Å². The largest absolute Gasteiger partial charge is 0.384 e. The fourth-order valence-electron chi connectivity index (χ4n) is 2.36. The van der Waals surface area contributed by atoms with Crippen LogP contribution in [-0.2, 0) is 11.3 Å². The van der Waals surface area contributed by atoms with E-state index in [4.69, 9.17) is 22.1 Å². The Bertz CT molecular complexity index is 392. The summed E-state index contributed by atoms with van der Waals surface area (Å²) in [5.41, 5.74) is 6.40. The van der Waals surface area contributed by atoms with Crippen molar-refractivity contribution in [1.82, 2.24) is 4.98 Å². The van der Waals surface area contributed by atoms with Gasteiger partial charge in [-0.25, -0.2) is 4.98 Å². The second kappa shape index (κ2) is 6.36. The van der Waals surface area contributed by atoms with Gasteiger partial charge < -0.3 is 15.4 Å². The molecule has 0 aromatic carbocycles. The molecule has 0 bridgehead atoms. The van der Waals surface area contributed by atoms with Gasteiger partial charge in [0.1, 0.15) is 5.82 Å². The minimum atomic E-state index is 0.382. The van der Waals surface area contributed by atoms with Gasteiger partial charge in [-0.3, -0.25) is 0 Å². The number of hydrogen-bond donors (Lipinski definition) is 1. The van der Waals surface area contributed by atoms with Crippen LogP contribution in [-0.4, -0.2) is 31.8 Å². The molecule has 0 spiro atoms. The standard InChI is InChI=1S/C13H20ClN3O/c1-18-9-10-4-6-17(7-5-10)13-3-2-11(14)12(8-15)16-13/h2-3,10H,4-9,15H2,1H3. The van der Waals surface area contributed by atoms with Gasteiger partial charge in [0, 0.05) is 33.4 Å². The van der Waals surface area contributed by atoms with Crippen molar-refractivity contribution in [2.75, 3.05) is 31.7 Å². The molecule has 100 valence electrons. The van der Waals surface area contributed by atoms with Crippen LogP contribution in [0.2, 0.25) is 5.02 Å². The molecule has 5 heteroatoms. The van der Waals surface area contributed by atoms with Crippen molar-refractivity contribution in [3.05, 3.63) is 22.8 Å². The Balaban J connectivity index is 2.01. The topological polar surface area (TPSA) is 51.4 Å². The summed E-state index contributed by atoms with van der Waals surface area (Å²) in [6.07, 6.45) is 2.30. The van der Waals surface area contributed by atoms with Crippen LogP contribution in [0.5, 0.6) is 0 Å². The summed E-state index contributed by atoms with van der Waals surface area (Å²) in [6.45, 7) is 3.28. The molecule has 0 unspecified atom stereocenters. The molecule has 0 amide bonds. The summed E-state index contributed by atoms with van der Waals surface area (Å²) in [5.74, 6) is 1.66. The van der Waals surface area contributed by atoms with Gasteiger partial charge >= 0.3 is 0 Å². The summed E-state index contributed by atoms with van der Waals surface area (Å²) in [7, 11) is 1.76. The highest BCUT2D eigenvalue weighted by Crippen LogP contribution is 2.24. The molecule has 2 heterocycles. The average molecular weight is 270 g/mol. The fourth-order valence-corrected chi connectivity index (χ4v) is 2.54. The maximum absolute atomic E-state index is 6.02. The molecule has 1 aromatic heterocycles. The van der Waals surface area contributed by atoms with Crippen molar-refractivity contribution < 1.29 is 4.74 Å². The van der Waals surface area contributed by atoms with E-state index >= 15 is 0 Å². The normalized spacial score (nSPS) is 17.2. The van der Waals surface area contributed by atoms with Crippen LogP contribution in [0.4, 0.5) is 5.82 Å². The molecular weight excluding hydrogens is 250 g/mol. The third-order valence-corrected chi connectivity index (χ3v) is 3.78. The molecule has 1 fully saturated rings. The number of methoxy groups -OCH3 is 1. The predicted octanol–water partition coefficient (Wildman–Crippen LogP) is 2.06. The third-order valence-electron chi connectivity index (χ3n) is 3.44. The Morgan fingerprint density at radius 1 is 1.44 bits per heavy atom. The molecule has 0 aliphatic carbocycles. The fraction of sp³-hybridized carbons (Fsp3) is 0.615. The molecule has 1 aromatic rings. The van der Waals surface area contributed by atoms with Gasteiger partial charge in [0.2, 0.25) is 0 Å². The van der Waals surface area contributed by atoms with Crippen molar-refractivity contribution in [2.24, 2.45) is 11.7 Å². The number of hydrogen-bond acceptors (Lipinski definition) is 4. The Labute approximate surface area is 113 Å². The van der Waals surface area contributed by atoms with E-state index < -0.39 is 0 Å². The van der Waals surface area contributed by atoms with Crippen LogP contribution in [0.15, 0.2) is 12.1 Å². The minimum absolute atomic E-state index is 0.382. The van der Waals surface area contributed by atoms with E-state index in [0.717, 1.165) is 44.0 Å². The first-order valence-corrected chi connectivity index (χ1v) is 6.71. The highest BCUT2D eigenvalue weighted by Gasteiger charge is 2.20. The molecule has 0 atom stereocenters. The van der Waals surface area contributed by atoms with Crippen molar-refractivity contribution in [3.8, 4) is 0 Å². The van der Waals surface area contributed by atoms with E-state index in [9.17, 15) is 0 Å². The number of piperidine rings is 1. The average Bonchev–Trinajstić information content (AvgIpc) is 2.41. The van der Waals surface area contributed by atoms with Crippen LogP contribution in [0.25, 0.3) is 0 Å². The van der Waals surface area contributed by atoms with Crippen LogP contribution in [0, 0.1) is 5.92 Å². The zero-order valence-electron chi connectivity index (χ0n) is 10.7. The first kappa shape index (κ1) is 13.6. The monoisotopic (exact) mass is 269 g/mol. The highest BCUT2D eigenvalue weighted by atomic mass is 35.5. The van der Waals surface area contributed by atoms with Gasteiger partial charge in [-0.2, -0.15) is 0 Å². The first-order valence-electron chi connectivity index (χ1n) is 6.34. The summed E-state index contributed by atoms with van der Waals surface area (Å²) < 4.78 is 5.21. The molecule has 2 N–H and O–H groups in total. The Morgan fingerprint density at radius 2 is 2.17 bits per heavy atom. The second-order valence-electron chi connectivity index (χ2n) is 4.69. The van der Waals surface area contributed by atoms with Crippen LogP contribution >= 0.6 is 11.6 Å². The summed E-state index contributed by atoms with van der Waals surface area (Å²) in [4.78, 5) is 6.82. The van der Waals surface area contributed by atoms with Crippen molar-refractivity contribution in [2.45, 2.75) is 19.4 Å². The SMILES string of the molecule is COCC1CCN(c2ccc(Cl)c(CN)n2)CC1. The molecule has 1 saturated heterocycles. The number of nitrogens with zero attached hydrogens (tertiary/aromatic N) is 2. The van der Waals surface area contributed by atoms with E-state index in [0.29, 0.717) is 17.5 Å². The molecule has 1 aliphatic heterocycles. The number of anilines is 1. The lowest BCUT2D eigenvalue weighted by Crippen LogP contribution is -2.35. The Hall–Kier alpha value is -0.840. The Morgan fingerprint density at radius 3 is 2.78 bits per heavy atom. The van der Waals surface area contributed by atoms with E-state index in [1.807, 2.05) is 12.1 Å². The van der Waals surface area contributed by atoms with Crippen molar-refractivity contribution in [1.29, 1.82) is 0 Å². The lowest BCUT2D eigenvalue weighted by atomic mass is 9.98. The van der Waals surface area contributed by atoms with Gasteiger partial charge in [0.05, 0.1) is 10.7 Å². The van der Waals surface area contributed by atoms with Gasteiger partial charge in [-0.05, 0) is 30.9 Å². The van der Waals surface area contributed by atoms with Gasteiger partial charge in [0.25, 0.3) is 0 Å². The van der Waals surface area contributed by atoms with Crippen molar-refractivity contribution in [3.63, 3.8) is 0 Å². The lowest BCUT2D eigenvalue weighted by molar-refractivity contribution is 0.139. The minimum Gasteiger partial charge on any atom is -0.384 e. The molecule has 0 radical (unpaired) electrons. The molecule has 4 nitrogen and oxygen atoms in total. The second-order valence-corrected chi connectivity index (χ2v) is 5.10. The van der Waals surface area contributed by atoms with E-state index in [1.165, 1.54) is 0 Å². The maximum Gasteiger partial charge on any atom is 0.128 e. The number of nitrogens with two attached hydrogens (primary N) is 1. The number of rotatable bonds is 4. The molecule has 18 heavy (non-hydrogen) atoms.